The predicted octanol–water partition coefficient (Wildman–Crippen LogP) is 3.34. The molecule has 90 valence electrons. The molecule has 0 saturated heterocycles. The molecule has 2 N–H and O–H groups in total. The number of hydrogen-bond acceptors (Lipinski definition) is 3. The summed E-state index contributed by atoms with van der Waals surface area (Å²) in [5.74, 6) is -2.41. The molecule has 3 nitrogen and oxygen atoms in total. The van der Waals surface area contributed by atoms with Gasteiger partial charge in [-0.2, -0.15) is 8.78 Å². The van der Waals surface area contributed by atoms with Crippen LogP contribution in [-0.2, 0) is 6.54 Å². The molecule has 2 rings (SSSR count). The maximum atomic E-state index is 12.3. The van der Waals surface area contributed by atoms with Crippen molar-refractivity contribution in [2.24, 2.45) is 0 Å². The third-order valence-electron chi connectivity index (χ3n) is 2.13. The molecule has 0 amide bonds. The number of benzene rings is 1. The lowest BCUT2D eigenvalue weighted by Crippen LogP contribution is -2.01. The first-order valence-corrected chi connectivity index (χ1v) is 5.88. The molecule has 17 heavy (non-hydrogen) atoms. The van der Waals surface area contributed by atoms with Crippen molar-refractivity contribution in [2.45, 2.75) is 17.2 Å². The van der Waals surface area contributed by atoms with Gasteiger partial charge in [0.05, 0.1) is 18.6 Å². The smallest absolute Gasteiger partial charge is 0.288 e. The van der Waals surface area contributed by atoms with Crippen LogP contribution < -0.4 is 5.32 Å². The average molecular weight is 255 g/mol. The number of hydrogen-bond donors (Lipinski definition) is 2. The third-order valence-corrected chi connectivity index (χ3v) is 2.92. The van der Waals surface area contributed by atoms with E-state index in [0.29, 0.717) is 28.9 Å². The molecular formula is C11H11F2N3S. The van der Waals surface area contributed by atoms with Crippen molar-refractivity contribution in [3.8, 4) is 0 Å². The molecule has 6 heteroatoms. The summed E-state index contributed by atoms with van der Waals surface area (Å²) < 4.78 is 24.7. The topological polar surface area (TPSA) is 40.7 Å². The average Bonchev–Trinajstić information content (AvgIpc) is 2.80. The number of nitrogens with zero attached hydrogens (tertiary/aromatic N) is 1. The molecular weight excluding hydrogens is 244 g/mol. The Morgan fingerprint density at radius 3 is 2.88 bits per heavy atom. The molecule has 0 unspecified atom stereocenters. The van der Waals surface area contributed by atoms with Crippen molar-refractivity contribution in [1.82, 2.24) is 9.97 Å². The lowest BCUT2D eigenvalue weighted by atomic mass is 10.3. The number of thioether (sulfide) groups is 1. The minimum absolute atomic E-state index is 0.529. The van der Waals surface area contributed by atoms with E-state index in [4.69, 9.17) is 0 Å². The second kappa shape index (κ2) is 5.67. The fourth-order valence-electron chi connectivity index (χ4n) is 1.38. The van der Waals surface area contributed by atoms with Crippen LogP contribution >= 0.6 is 11.8 Å². The van der Waals surface area contributed by atoms with Crippen molar-refractivity contribution in [1.29, 1.82) is 0 Å². The van der Waals surface area contributed by atoms with E-state index in [1.54, 1.807) is 30.7 Å². The van der Waals surface area contributed by atoms with Crippen molar-refractivity contribution in [3.63, 3.8) is 0 Å². The van der Waals surface area contributed by atoms with E-state index in [9.17, 15) is 8.78 Å². The molecule has 2 aromatic rings. The predicted molar refractivity (Wildman–Crippen MR) is 64.2 cm³/mol. The Labute approximate surface area is 102 Å². The van der Waals surface area contributed by atoms with E-state index in [0.717, 1.165) is 5.69 Å². The van der Waals surface area contributed by atoms with Crippen LogP contribution in [0.1, 0.15) is 5.69 Å². The van der Waals surface area contributed by atoms with E-state index in [-0.39, 0.29) is 0 Å². The minimum atomic E-state index is -2.41. The maximum absolute atomic E-state index is 12.3. The van der Waals surface area contributed by atoms with E-state index < -0.39 is 5.76 Å². The van der Waals surface area contributed by atoms with E-state index >= 15 is 0 Å². The zero-order valence-electron chi connectivity index (χ0n) is 8.86. The van der Waals surface area contributed by atoms with Gasteiger partial charge in [-0.05, 0) is 12.1 Å². The van der Waals surface area contributed by atoms with Crippen LogP contribution in [0.3, 0.4) is 0 Å². The maximum Gasteiger partial charge on any atom is 0.288 e. The summed E-state index contributed by atoms with van der Waals surface area (Å²) >= 11 is 0.541. The second-order valence-electron chi connectivity index (χ2n) is 3.31. The second-order valence-corrected chi connectivity index (χ2v) is 4.34. The summed E-state index contributed by atoms with van der Waals surface area (Å²) in [6, 6.07) is 7.00. The van der Waals surface area contributed by atoms with Crippen LogP contribution in [0, 0.1) is 0 Å². The Bertz CT molecular complexity index is 459. The first-order valence-electron chi connectivity index (χ1n) is 5.00. The summed E-state index contributed by atoms with van der Waals surface area (Å²) in [7, 11) is 0. The van der Waals surface area contributed by atoms with Gasteiger partial charge >= 0.3 is 0 Å². The van der Waals surface area contributed by atoms with Gasteiger partial charge in [0.15, 0.2) is 0 Å². The molecule has 1 aromatic heterocycles. The lowest BCUT2D eigenvalue weighted by molar-refractivity contribution is 0.252. The van der Waals surface area contributed by atoms with Crippen molar-refractivity contribution in [2.75, 3.05) is 5.32 Å². The molecule has 1 aromatic carbocycles. The number of alkyl halides is 2. The molecule has 0 saturated carbocycles. The number of H-pyrrole nitrogens is 1. The normalized spacial score (nSPS) is 10.8. The Balaban J connectivity index is 2.04. The van der Waals surface area contributed by atoms with Gasteiger partial charge in [0.1, 0.15) is 0 Å². The largest absolute Gasteiger partial charge is 0.379 e. The number of imidazole rings is 1. The Hall–Kier alpha value is -1.56. The van der Waals surface area contributed by atoms with Crippen LogP contribution in [0.4, 0.5) is 14.5 Å². The number of aromatic amines is 1. The minimum Gasteiger partial charge on any atom is -0.379 e. The van der Waals surface area contributed by atoms with Gasteiger partial charge in [-0.1, -0.05) is 23.9 Å². The van der Waals surface area contributed by atoms with Gasteiger partial charge in [0.25, 0.3) is 5.76 Å². The number of halogens is 2. The standard InChI is InChI=1S/C11H11F2N3S/c12-11(13)17-10-4-2-1-3-9(10)15-6-8-5-14-7-16-8/h1-5,7,11,15H,6H2,(H,14,16). The number of nitrogens with one attached hydrogen (secondary N) is 2. The number of anilines is 1. The Kier molecular flexibility index (Phi) is 3.98. The van der Waals surface area contributed by atoms with E-state index in [1.165, 1.54) is 0 Å². The quantitative estimate of drug-likeness (QED) is 0.805. The summed E-state index contributed by atoms with van der Waals surface area (Å²) in [6.45, 7) is 0.529. The van der Waals surface area contributed by atoms with Gasteiger partial charge in [0.2, 0.25) is 0 Å². The summed E-state index contributed by atoms with van der Waals surface area (Å²) in [6.07, 6.45) is 3.27. The molecule has 1 heterocycles. The number of rotatable bonds is 5. The SMILES string of the molecule is FC(F)Sc1ccccc1NCc1cnc[nH]1. The van der Waals surface area contributed by atoms with Crippen LogP contribution in [0.15, 0.2) is 41.7 Å². The molecule has 0 spiro atoms. The molecule has 0 aliphatic rings. The first-order chi connectivity index (χ1) is 8.25. The fraction of sp³-hybridized carbons (Fsp3) is 0.182. The first kappa shape index (κ1) is 11.9. The van der Waals surface area contributed by atoms with Crippen LogP contribution in [0.25, 0.3) is 0 Å². The highest BCUT2D eigenvalue weighted by Gasteiger charge is 2.09. The van der Waals surface area contributed by atoms with E-state index in [1.807, 2.05) is 6.07 Å². The fourth-order valence-corrected chi connectivity index (χ4v) is 2.00. The van der Waals surface area contributed by atoms with Crippen molar-refractivity contribution >= 4 is 17.4 Å². The third kappa shape index (κ3) is 3.45. The highest BCUT2D eigenvalue weighted by Crippen LogP contribution is 2.31. The molecule has 0 fully saturated rings. The summed E-state index contributed by atoms with van der Waals surface area (Å²) in [5, 5.41) is 3.10. The van der Waals surface area contributed by atoms with E-state index in [2.05, 4.69) is 15.3 Å². The van der Waals surface area contributed by atoms with Crippen LogP contribution in [0.5, 0.6) is 0 Å². The highest BCUT2D eigenvalue weighted by atomic mass is 32.2. The van der Waals surface area contributed by atoms with Crippen LogP contribution in [0.2, 0.25) is 0 Å². The zero-order chi connectivity index (χ0) is 12.1. The molecule has 0 radical (unpaired) electrons. The Morgan fingerprint density at radius 1 is 1.35 bits per heavy atom. The zero-order valence-corrected chi connectivity index (χ0v) is 9.68. The monoisotopic (exact) mass is 255 g/mol. The van der Waals surface area contributed by atoms with Gasteiger partial charge in [-0.25, -0.2) is 4.98 Å². The molecule has 0 atom stereocenters. The van der Waals surface area contributed by atoms with Gasteiger partial charge < -0.3 is 10.3 Å². The summed E-state index contributed by atoms with van der Waals surface area (Å²) in [5.41, 5.74) is 1.61. The van der Waals surface area contributed by atoms with Gasteiger partial charge in [0, 0.05) is 16.8 Å². The van der Waals surface area contributed by atoms with Crippen molar-refractivity contribution < 1.29 is 8.78 Å². The molecule has 0 aliphatic heterocycles. The number of para-hydroxylation sites is 1. The lowest BCUT2D eigenvalue weighted by Gasteiger charge is -2.10. The van der Waals surface area contributed by atoms with Gasteiger partial charge in [-0.15, -0.1) is 0 Å². The highest BCUT2D eigenvalue weighted by molar-refractivity contribution is 7.99. The summed E-state index contributed by atoms with van der Waals surface area (Å²) in [4.78, 5) is 7.37. The van der Waals surface area contributed by atoms with Crippen LogP contribution in [-0.4, -0.2) is 15.7 Å². The molecule has 0 bridgehead atoms. The number of aromatic nitrogens is 2. The van der Waals surface area contributed by atoms with Gasteiger partial charge in [-0.3, -0.25) is 0 Å². The van der Waals surface area contributed by atoms with Crippen molar-refractivity contribution in [3.05, 3.63) is 42.5 Å². The molecule has 0 aliphatic carbocycles. The Morgan fingerprint density at radius 2 is 2.18 bits per heavy atom.